The van der Waals surface area contributed by atoms with E-state index in [1.165, 1.54) is 17.2 Å². The standard InChI is InChI=1S/C26H28FN5O/c1-19-28-24-18-30(17-20-7-3-2-4-8-20)12-11-22(24)25(29-19)31-13-15-32(16-14-31)26(33)21-9-5-6-10-23(21)27/h2-10H,11-18H2,1H3. The first kappa shape index (κ1) is 21.5. The van der Waals surface area contributed by atoms with Gasteiger partial charge in [0.15, 0.2) is 0 Å². The lowest BCUT2D eigenvalue weighted by molar-refractivity contribution is 0.0741. The molecule has 170 valence electrons. The molecule has 5 rings (SSSR count). The van der Waals surface area contributed by atoms with Crippen LogP contribution in [-0.4, -0.2) is 58.4 Å². The predicted molar refractivity (Wildman–Crippen MR) is 126 cm³/mol. The lowest BCUT2D eigenvalue weighted by atomic mass is 10.0. The molecule has 2 aliphatic heterocycles. The molecule has 3 heterocycles. The molecule has 7 heteroatoms. The Balaban J connectivity index is 1.28. The van der Waals surface area contributed by atoms with E-state index in [-0.39, 0.29) is 11.5 Å². The fourth-order valence-electron chi connectivity index (χ4n) is 4.75. The van der Waals surface area contributed by atoms with Crippen LogP contribution in [0.4, 0.5) is 10.2 Å². The van der Waals surface area contributed by atoms with E-state index < -0.39 is 5.82 Å². The van der Waals surface area contributed by atoms with Gasteiger partial charge in [-0.15, -0.1) is 0 Å². The molecule has 0 bridgehead atoms. The molecule has 0 atom stereocenters. The zero-order valence-corrected chi connectivity index (χ0v) is 18.9. The highest BCUT2D eigenvalue weighted by atomic mass is 19.1. The molecule has 2 aromatic carbocycles. The first-order chi connectivity index (χ1) is 16.1. The van der Waals surface area contributed by atoms with Crippen molar-refractivity contribution in [1.29, 1.82) is 0 Å². The molecule has 0 aliphatic carbocycles. The number of piperazine rings is 1. The Hall–Kier alpha value is -3.32. The van der Waals surface area contributed by atoms with Gasteiger partial charge >= 0.3 is 0 Å². The normalized spacial score (nSPS) is 16.5. The van der Waals surface area contributed by atoms with Gasteiger partial charge in [-0.2, -0.15) is 0 Å². The Bertz CT molecular complexity index is 1140. The largest absolute Gasteiger partial charge is 0.353 e. The Morgan fingerprint density at radius 3 is 2.42 bits per heavy atom. The molecule has 0 saturated carbocycles. The van der Waals surface area contributed by atoms with Crippen LogP contribution in [0, 0.1) is 12.7 Å². The lowest BCUT2D eigenvalue weighted by Crippen LogP contribution is -2.49. The quantitative estimate of drug-likeness (QED) is 0.616. The molecule has 1 amide bonds. The van der Waals surface area contributed by atoms with Crippen molar-refractivity contribution in [2.24, 2.45) is 0 Å². The molecule has 3 aromatic rings. The van der Waals surface area contributed by atoms with E-state index in [4.69, 9.17) is 9.97 Å². The average molecular weight is 446 g/mol. The van der Waals surface area contributed by atoms with Crippen LogP contribution in [0.15, 0.2) is 54.6 Å². The number of aromatic nitrogens is 2. The molecule has 2 aliphatic rings. The lowest BCUT2D eigenvalue weighted by Gasteiger charge is -2.38. The van der Waals surface area contributed by atoms with Crippen LogP contribution < -0.4 is 4.90 Å². The fraction of sp³-hybridized carbons (Fsp3) is 0.346. The van der Waals surface area contributed by atoms with E-state index in [1.807, 2.05) is 13.0 Å². The summed E-state index contributed by atoms with van der Waals surface area (Å²) in [6, 6.07) is 16.7. The summed E-state index contributed by atoms with van der Waals surface area (Å²) in [5.41, 5.74) is 3.77. The number of amides is 1. The molecule has 33 heavy (non-hydrogen) atoms. The third-order valence-electron chi connectivity index (χ3n) is 6.45. The minimum absolute atomic E-state index is 0.139. The number of benzene rings is 2. The average Bonchev–Trinajstić information content (AvgIpc) is 2.84. The number of anilines is 1. The van der Waals surface area contributed by atoms with Crippen LogP contribution in [-0.2, 0) is 19.5 Å². The van der Waals surface area contributed by atoms with Gasteiger partial charge in [-0.05, 0) is 31.0 Å². The van der Waals surface area contributed by atoms with Crippen molar-refractivity contribution in [2.75, 3.05) is 37.6 Å². The van der Waals surface area contributed by atoms with Crippen LogP contribution in [0.2, 0.25) is 0 Å². The Kier molecular flexibility index (Phi) is 6.05. The third-order valence-corrected chi connectivity index (χ3v) is 6.45. The summed E-state index contributed by atoms with van der Waals surface area (Å²) in [5.74, 6) is 1.06. The summed E-state index contributed by atoms with van der Waals surface area (Å²) in [6.45, 7) is 7.08. The molecule has 0 N–H and O–H groups in total. The number of carbonyl (C=O) groups is 1. The van der Waals surface area contributed by atoms with Gasteiger partial charge < -0.3 is 9.80 Å². The summed E-state index contributed by atoms with van der Waals surface area (Å²) in [4.78, 5) is 28.8. The summed E-state index contributed by atoms with van der Waals surface area (Å²) in [6.07, 6.45) is 0.909. The van der Waals surface area contributed by atoms with Crippen molar-refractivity contribution >= 4 is 11.7 Å². The molecule has 0 radical (unpaired) electrons. The predicted octanol–water partition coefficient (Wildman–Crippen LogP) is 3.44. The Morgan fingerprint density at radius 1 is 0.939 bits per heavy atom. The molecule has 0 unspecified atom stereocenters. The van der Waals surface area contributed by atoms with Gasteiger partial charge in [0.25, 0.3) is 5.91 Å². The monoisotopic (exact) mass is 445 g/mol. The van der Waals surface area contributed by atoms with E-state index in [1.54, 1.807) is 23.1 Å². The maximum Gasteiger partial charge on any atom is 0.256 e. The molecule has 1 aromatic heterocycles. The summed E-state index contributed by atoms with van der Waals surface area (Å²) in [7, 11) is 0. The van der Waals surface area contributed by atoms with Gasteiger partial charge in [-0.25, -0.2) is 14.4 Å². The van der Waals surface area contributed by atoms with E-state index in [9.17, 15) is 9.18 Å². The minimum Gasteiger partial charge on any atom is -0.353 e. The topological polar surface area (TPSA) is 52.6 Å². The smallest absolute Gasteiger partial charge is 0.256 e. The Morgan fingerprint density at radius 2 is 1.67 bits per heavy atom. The van der Waals surface area contributed by atoms with E-state index >= 15 is 0 Å². The third kappa shape index (κ3) is 4.59. The highest BCUT2D eigenvalue weighted by Gasteiger charge is 2.28. The number of halogens is 1. The van der Waals surface area contributed by atoms with Crippen molar-refractivity contribution in [1.82, 2.24) is 19.8 Å². The molecule has 6 nitrogen and oxygen atoms in total. The van der Waals surface area contributed by atoms with Crippen molar-refractivity contribution in [2.45, 2.75) is 26.4 Å². The highest BCUT2D eigenvalue weighted by molar-refractivity contribution is 5.94. The van der Waals surface area contributed by atoms with E-state index in [2.05, 4.69) is 34.1 Å². The van der Waals surface area contributed by atoms with Gasteiger partial charge in [0.2, 0.25) is 0 Å². The van der Waals surface area contributed by atoms with E-state index in [0.29, 0.717) is 26.2 Å². The van der Waals surface area contributed by atoms with Crippen LogP contribution in [0.25, 0.3) is 0 Å². The Labute approximate surface area is 193 Å². The van der Waals surface area contributed by atoms with Crippen LogP contribution >= 0.6 is 0 Å². The van der Waals surface area contributed by atoms with Gasteiger partial charge in [0.05, 0.1) is 11.3 Å². The number of fused-ring (bicyclic) bond motifs is 1. The van der Waals surface area contributed by atoms with Crippen molar-refractivity contribution in [3.05, 3.63) is 88.6 Å². The zero-order valence-electron chi connectivity index (χ0n) is 18.9. The van der Waals surface area contributed by atoms with Crippen molar-refractivity contribution < 1.29 is 9.18 Å². The number of aryl methyl sites for hydroxylation is 1. The second-order valence-corrected chi connectivity index (χ2v) is 8.73. The van der Waals surface area contributed by atoms with Crippen LogP contribution in [0.1, 0.15) is 33.0 Å². The maximum atomic E-state index is 14.1. The van der Waals surface area contributed by atoms with Crippen molar-refractivity contribution in [3.63, 3.8) is 0 Å². The second-order valence-electron chi connectivity index (χ2n) is 8.73. The molecule has 1 fully saturated rings. The van der Waals surface area contributed by atoms with Crippen molar-refractivity contribution in [3.8, 4) is 0 Å². The second kappa shape index (κ2) is 9.27. The van der Waals surface area contributed by atoms with Gasteiger partial charge in [0.1, 0.15) is 17.5 Å². The number of carbonyl (C=O) groups excluding carboxylic acids is 1. The number of nitrogens with zero attached hydrogens (tertiary/aromatic N) is 5. The summed E-state index contributed by atoms with van der Waals surface area (Å²) in [5, 5.41) is 0. The first-order valence-corrected chi connectivity index (χ1v) is 11.5. The first-order valence-electron chi connectivity index (χ1n) is 11.5. The maximum absolute atomic E-state index is 14.1. The molecular weight excluding hydrogens is 417 g/mol. The van der Waals surface area contributed by atoms with Gasteiger partial charge in [-0.1, -0.05) is 42.5 Å². The summed E-state index contributed by atoms with van der Waals surface area (Å²) >= 11 is 0. The molecule has 0 spiro atoms. The SMILES string of the molecule is Cc1nc2c(c(N3CCN(C(=O)c4ccccc4F)CC3)n1)CCN(Cc1ccccc1)C2. The van der Waals surface area contributed by atoms with Gasteiger partial charge in [0, 0.05) is 51.4 Å². The fourth-order valence-corrected chi connectivity index (χ4v) is 4.75. The zero-order chi connectivity index (χ0) is 22.8. The van der Waals surface area contributed by atoms with Crippen LogP contribution in [0.3, 0.4) is 0 Å². The van der Waals surface area contributed by atoms with Gasteiger partial charge in [-0.3, -0.25) is 9.69 Å². The summed E-state index contributed by atoms with van der Waals surface area (Å²) < 4.78 is 14.1. The number of hydrogen-bond donors (Lipinski definition) is 0. The van der Waals surface area contributed by atoms with Crippen LogP contribution in [0.5, 0.6) is 0 Å². The number of rotatable bonds is 4. The minimum atomic E-state index is -0.467. The molecular formula is C26H28FN5O. The molecule has 1 saturated heterocycles. The number of hydrogen-bond acceptors (Lipinski definition) is 5. The van der Waals surface area contributed by atoms with E-state index in [0.717, 1.165) is 43.4 Å². The highest BCUT2D eigenvalue weighted by Crippen LogP contribution is 2.28.